The molecule has 1 N–H and O–H groups in total. The summed E-state index contributed by atoms with van der Waals surface area (Å²) in [4.78, 5) is 4.13. The fraction of sp³-hybridized carbons (Fsp3) is 0.312. The van der Waals surface area contributed by atoms with Gasteiger partial charge in [-0.2, -0.15) is 0 Å². The zero-order valence-corrected chi connectivity index (χ0v) is 11.3. The van der Waals surface area contributed by atoms with Gasteiger partial charge < -0.3 is 9.84 Å². The van der Waals surface area contributed by atoms with Gasteiger partial charge in [-0.1, -0.05) is 19.1 Å². The van der Waals surface area contributed by atoms with Gasteiger partial charge in [-0.15, -0.1) is 0 Å². The van der Waals surface area contributed by atoms with Gasteiger partial charge in [0.2, 0.25) is 0 Å². The molecule has 0 aliphatic rings. The lowest BCUT2D eigenvalue weighted by Crippen LogP contribution is -1.98. The van der Waals surface area contributed by atoms with Crippen molar-refractivity contribution in [3.05, 3.63) is 59.4 Å². The van der Waals surface area contributed by atoms with E-state index >= 15 is 0 Å². The molecule has 2 aromatic rings. The van der Waals surface area contributed by atoms with Crippen LogP contribution < -0.4 is 4.74 Å². The lowest BCUT2D eigenvalue weighted by molar-refractivity contribution is 0.173. The maximum atomic E-state index is 9.71. The molecule has 3 heteroatoms. The fourth-order valence-corrected chi connectivity index (χ4v) is 1.89. The average molecular weight is 257 g/mol. The highest BCUT2D eigenvalue weighted by Gasteiger charge is 2.04. The predicted molar refractivity (Wildman–Crippen MR) is 75.0 cm³/mol. The normalized spacial score (nSPS) is 12.2. The van der Waals surface area contributed by atoms with E-state index in [4.69, 9.17) is 4.74 Å². The lowest BCUT2D eigenvalue weighted by Gasteiger charge is -2.10. The van der Waals surface area contributed by atoms with Gasteiger partial charge in [0, 0.05) is 18.0 Å². The third-order valence-electron chi connectivity index (χ3n) is 2.99. The van der Waals surface area contributed by atoms with E-state index in [-0.39, 0.29) is 0 Å². The minimum Gasteiger partial charge on any atom is -0.489 e. The highest BCUT2D eigenvalue weighted by Crippen LogP contribution is 2.20. The molecule has 0 radical (unpaired) electrons. The summed E-state index contributed by atoms with van der Waals surface area (Å²) < 4.78 is 5.69. The van der Waals surface area contributed by atoms with Crippen LogP contribution in [0.2, 0.25) is 0 Å². The number of nitrogens with zero attached hydrogens (tertiary/aromatic N) is 1. The Bertz CT molecular complexity index is 523. The minimum absolute atomic E-state index is 0.393. The molecule has 0 fully saturated rings. The highest BCUT2D eigenvalue weighted by atomic mass is 16.5. The molecule has 0 amide bonds. The maximum Gasteiger partial charge on any atom is 0.119 e. The third-order valence-corrected chi connectivity index (χ3v) is 2.99. The molecule has 0 spiro atoms. The molecule has 100 valence electrons. The molecule has 1 atom stereocenters. The van der Waals surface area contributed by atoms with Crippen LogP contribution in [0.3, 0.4) is 0 Å². The van der Waals surface area contributed by atoms with E-state index in [9.17, 15) is 5.11 Å². The Morgan fingerprint density at radius 3 is 2.58 bits per heavy atom. The van der Waals surface area contributed by atoms with Crippen LogP contribution in [0.25, 0.3) is 0 Å². The molecule has 1 aromatic carbocycles. The molecular formula is C16H19NO2. The van der Waals surface area contributed by atoms with Gasteiger partial charge in [0.15, 0.2) is 0 Å². The van der Waals surface area contributed by atoms with Crippen molar-refractivity contribution in [2.45, 2.75) is 33.0 Å². The van der Waals surface area contributed by atoms with Gasteiger partial charge in [-0.3, -0.25) is 4.98 Å². The average Bonchev–Trinajstić information content (AvgIpc) is 2.45. The largest absolute Gasteiger partial charge is 0.489 e. The Kier molecular flexibility index (Phi) is 4.53. The smallest absolute Gasteiger partial charge is 0.119 e. The van der Waals surface area contributed by atoms with E-state index in [2.05, 4.69) is 11.1 Å². The number of pyridine rings is 1. The van der Waals surface area contributed by atoms with Crippen molar-refractivity contribution in [1.82, 2.24) is 4.98 Å². The van der Waals surface area contributed by atoms with E-state index in [1.165, 1.54) is 0 Å². The monoisotopic (exact) mass is 257 g/mol. The van der Waals surface area contributed by atoms with E-state index in [0.717, 1.165) is 28.9 Å². The summed E-state index contributed by atoms with van der Waals surface area (Å²) in [5.41, 5.74) is 3.10. The second-order valence-electron chi connectivity index (χ2n) is 4.65. The number of aryl methyl sites for hydroxylation is 1. The Hall–Kier alpha value is -1.87. The van der Waals surface area contributed by atoms with Gasteiger partial charge in [0.25, 0.3) is 0 Å². The van der Waals surface area contributed by atoms with E-state index in [1.807, 2.05) is 50.5 Å². The predicted octanol–water partition coefficient (Wildman–Crippen LogP) is 3.41. The van der Waals surface area contributed by atoms with Crippen LogP contribution in [0.5, 0.6) is 5.75 Å². The van der Waals surface area contributed by atoms with Gasteiger partial charge in [-0.25, -0.2) is 0 Å². The minimum atomic E-state index is -0.393. The summed E-state index contributed by atoms with van der Waals surface area (Å²) in [5, 5.41) is 9.71. The molecule has 2 rings (SSSR count). The van der Waals surface area contributed by atoms with Crippen molar-refractivity contribution >= 4 is 0 Å². The summed E-state index contributed by atoms with van der Waals surface area (Å²) in [7, 11) is 0. The Balaban J connectivity index is 1.96. The van der Waals surface area contributed by atoms with Crippen molar-refractivity contribution in [2.75, 3.05) is 0 Å². The molecule has 3 nitrogen and oxygen atoms in total. The summed E-state index contributed by atoms with van der Waals surface area (Å²) >= 11 is 0. The molecule has 1 aromatic heterocycles. The van der Waals surface area contributed by atoms with Crippen molar-refractivity contribution in [1.29, 1.82) is 0 Å². The molecule has 1 unspecified atom stereocenters. The van der Waals surface area contributed by atoms with Crippen molar-refractivity contribution < 1.29 is 9.84 Å². The van der Waals surface area contributed by atoms with E-state index in [0.29, 0.717) is 6.61 Å². The van der Waals surface area contributed by atoms with Crippen LogP contribution in [0.1, 0.15) is 36.1 Å². The van der Waals surface area contributed by atoms with Crippen LogP contribution in [0.4, 0.5) is 0 Å². The number of aliphatic hydroxyl groups excluding tert-OH is 1. The first-order valence-corrected chi connectivity index (χ1v) is 6.50. The van der Waals surface area contributed by atoms with Gasteiger partial charge >= 0.3 is 0 Å². The third kappa shape index (κ3) is 3.80. The lowest BCUT2D eigenvalue weighted by atomic mass is 10.1. The van der Waals surface area contributed by atoms with Crippen molar-refractivity contribution in [2.24, 2.45) is 0 Å². The zero-order valence-electron chi connectivity index (χ0n) is 11.3. The summed E-state index contributed by atoms with van der Waals surface area (Å²) in [6.45, 7) is 4.47. The number of hydrogen-bond donors (Lipinski definition) is 1. The molecule has 1 heterocycles. The second-order valence-corrected chi connectivity index (χ2v) is 4.65. The molecule has 0 aliphatic heterocycles. The highest BCUT2D eigenvalue weighted by molar-refractivity contribution is 5.29. The molecule has 0 bridgehead atoms. The fourth-order valence-electron chi connectivity index (χ4n) is 1.89. The van der Waals surface area contributed by atoms with Crippen LogP contribution in [-0.4, -0.2) is 10.1 Å². The molecule has 19 heavy (non-hydrogen) atoms. The van der Waals surface area contributed by atoms with Crippen molar-refractivity contribution in [3.63, 3.8) is 0 Å². The van der Waals surface area contributed by atoms with Crippen LogP contribution in [-0.2, 0) is 6.61 Å². The first-order valence-electron chi connectivity index (χ1n) is 6.50. The topological polar surface area (TPSA) is 42.4 Å². The number of hydrogen-bond acceptors (Lipinski definition) is 3. The van der Waals surface area contributed by atoms with E-state index < -0.39 is 6.10 Å². The summed E-state index contributed by atoms with van der Waals surface area (Å²) in [5.74, 6) is 0.800. The summed E-state index contributed by atoms with van der Waals surface area (Å²) in [6, 6.07) is 9.63. The SMILES string of the molecule is CCC(O)c1ccc(OCc2cncc(C)c2)cc1. The maximum absolute atomic E-state index is 9.71. The number of aromatic nitrogens is 1. The summed E-state index contributed by atoms with van der Waals surface area (Å²) in [6.07, 6.45) is 3.96. The molecule has 0 saturated carbocycles. The first kappa shape index (κ1) is 13.6. The number of aliphatic hydroxyl groups is 1. The van der Waals surface area contributed by atoms with E-state index in [1.54, 1.807) is 0 Å². The Morgan fingerprint density at radius 2 is 1.95 bits per heavy atom. The number of rotatable bonds is 5. The van der Waals surface area contributed by atoms with Crippen LogP contribution >= 0.6 is 0 Å². The van der Waals surface area contributed by atoms with Crippen LogP contribution in [0.15, 0.2) is 42.7 Å². The van der Waals surface area contributed by atoms with Gasteiger partial charge in [0.05, 0.1) is 6.10 Å². The molecular weight excluding hydrogens is 238 g/mol. The Morgan fingerprint density at radius 1 is 1.21 bits per heavy atom. The molecule has 0 aliphatic carbocycles. The number of benzene rings is 1. The van der Waals surface area contributed by atoms with Crippen molar-refractivity contribution in [3.8, 4) is 5.75 Å². The first-order chi connectivity index (χ1) is 9.19. The zero-order chi connectivity index (χ0) is 13.7. The Labute approximate surface area is 113 Å². The van der Waals surface area contributed by atoms with Crippen LogP contribution in [0, 0.1) is 6.92 Å². The molecule has 0 saturated heterocycles. The quantitative estimate of drug-likeness (QED) is 0.892. The van der Waals surface area contributed by atoms with Gasteiger partial charge in [0.1, 0.15) is 12.4 Å². The number of ether oxygens (including phenoxy) is 1. The second kappa shape index (κ2) is 6.34. The van der Waals surface area contributed by atoms with Gasteiger partial charge in [-0.05, 0) is 42.7 Å². The standard InChI is InChI=1S/C16H19NO2/c1-3-16(18)14-4-6-15(7-5-14)19-11-13-8-12(2)9-17-10-13/h4-10,16,18H,3,11H2,1-2H3.